The Balaban J connectivity index is 0.00000576. The van der Waals surface area contributed by atoms with Gasteiger partial charge in [-0.2, -0.15) is 0 Å². The summed E-state index contributed by atoms with van der Waals surface area (Å²) in [5, 5.41) is 14.1. The molecule has 0 aliphatic rings. The maximum atomic E-state index is 12.5. The molecule has 0 aliphatic carbocycles. The Kier molecular flexibility index (Phi) is 10.4. The van der Waals surface area contributed by atoms with Crippen molar-refractivity contribution in [2.45, 2.75) is 13.8 Å². The van der Waals surface area contributed by atoms with Crippen molar-refractivity contribution in [2.24, 2.45) is 0 Å². The first-order valence-electron chi connectivity index (χ1n) is 7.50. The van der Waals surface area contributed by atoms with Gasteiger partial charge in [-0.1, -0.05) is 13.8 Å². The van der Waals surface area contributed by atoms with E-state index in [0.717, 1.165) is 13.1 Å². The van der Waals surface area contributed by atoms with Crippen molar-refractivity contribution in [2.75, 3.05) is 40.4 Å². The van der Waals surface area contributed by atoms with Gasteiger partial charge in [0, 0.05) is 19.2 Å². The molecule has 1 aromatic carbocycles. The number of nitrogens with zero attached hydrogens (tertiary/aromatic N) is 2. The van der Waals surface area contributed by atoms with Gasteiger partial charge in [0.25, 0.3) is 11.6 Å². The number of carbonyl (C=O) groups excluding carboxylic acids is 1. The van der Waals surface area contributed by atoms with Crippen molar-refractivity contribution in [3.8, 4) is 11.5 Å². The van der Waals surface area contributed by atoms with E-state index in [1.807, 2.05) is 13.8 Å². The average Bonchev–Trinajstić information content (AvgIpc) is 2.56. The Morgan fingerprint density at radius 2 is 1.92 bits per heavy atom. The Morgan fingerprint density at radius 1 is 1.32 bits per heavy atom. The molecular formula is C15H23BrClN3O5. The zero-order chi connectivity index (χ0) is 18.3. The largest absolute Gasteiger partial charge is 0.493 e. The number of amides is 1. The number of carbonyl (C=O) groups is 1. The maximum Gasteiger partial charge on any atom is 0.300 e. The van der Waals surface area contributed by atoms with Gasteiger partial charge < -0.3 is 19.7 Å². The molecule has 0 saturated carbocycles. The second-order valence-electron chi connectivity index (χ2n) is 4.86. The summed E-state index contributed by atoms with van der Waals surface area (Å²) in [4.78, 5) is 25.4. The Labute approximate surface area is 161 Å². The summed E-state index contributed by atoms with van der Waals surface area (Å²) in [5.41, 5.74) is -0.513. The minimum absolute atomic E-state index is 0. The third kappa shape index (κ3) is 5.72. The van der Waals surface area contributed by atoms with E-state index in [4.69, 9.17) is 9.47 Å². The molecule has 1 N–H and O–H groups in total. The van der Waals surface area contributed by atoms with Crippen LogP contribution in [0.1, 0.15) is 24.2 Å². The summed E-state index contributed by atoms with van der Waals surface area (Å²) < 4.78 is 10.5. The van der Waals surface area contributed by atoms with Crippen LogP contribution >= 0.6 is 28.3 Å². The third-order valence-electron chi connectivity index (χ3n) is 3.61. The standard InChI is InChI=1S/C15H22BrN3O5.ClH/c1-5-18(6-2)8-7-17-15(20)12-13(19(21)22)10(16)9-11(23-3)14(12)24-4;/h9H,5-8H2,1-4H3,(H,17,20);1H. The Hall–Kier alpha value is -1.58. The number of likely N-dealkylation sites (N-methyl/N-ethyl adjacent to an activating group) is 1. The molecule has 0 atom stereocenters. The molecule has 142 valence electrons. The van der Waals surface area contributed by atoms with Gasteiger partial charge in [-0.3, -0.25) is 14.9 Å². The summed E-state index contributed by atoms with van der Waals surface area (Å²) in [6.45, 7) is 6.80. The predicted octanol–water partition coefficient (Wildman–Crippen LogP) is 2.87. The zero-order valence-corrected chi connectivity index (χ0v) is 17.0. The minimum Gasteiger partial charge on any atom is -0.493 e. The van der Waals surface area contributed by atoms with Crippen molar-refractivity contribution < 1.29 is 19.2 Å². The molecule has 25 heavy (non-hydrogen) atoms. The number of rotatable bonds is 9. The highest BCUT2D eigenvalue weighted by molar-refractivity contribution is 9.10. The van der Waals surface area contributed by atoms with Gasteiger partial charge in [-0.15, -0.1) is 12.4 Å². The first kappa shape index (κ1) is 23.4. The number of methoxy groups -OCH3 is 2. The highest BCUT2D eigenvalue weighted by Gasteiger charge is 2.31. The monoisotopic (exact) mass is 439 g/mol. The molecule has 1 rings (SSSR count). The zero-order valence-electron chi connectivity index (χ0n) is 14.6. The lowest BCUT2D eigenvalue weighted by atomic mass is 10.1. The number of hydrogen-bond donors (Lipinski definition) is 1. The van der Waals surface area contributed by atoms with Crippen LogP contribution in [0.2, 0.25) is 0 Å². The van der Waals surface area contributed by atoms with Gasteiger partial charge in [0.2, 0.25) is 0 Å². The third-order valence-corrected chi connectivity index (χ3v) is 4.22. The second kappa shape index (κ2) is 11.1. The van der Waals surface area contributed by atoms with Crippen LogP contribution in [0.15, 0.2) is 10.5 Å². The lowest BCUT2D eigenvalue weighted by Gasteiger charge is -2.18. The molecular weight excluding hydrogens is 418 g/mol. The molecule has 0 fully saturated rings. The first-order chi connectivity index (χ1) is 11.4. The SMILES string of the molecule is CCN(CC)CCNC(=O)c1c(OC)c(OC)cc(Br)c1[N+](=O)[O-].Cl. The lowest BCUT2D eigenvalue weighted by Crippen LogP contribution is -2.35. The highest BCUT2D eigenvalue weighted by atomic mass is 79.9. The van der Waals surface area contributed by atoms with Crippen molar-refractivity contribution in [3.05, 3.63) is 26.2 Å². The number of hydrogen-bond acceptors (Lipinski definition) is 6. The molecule has 0 heterocycles. The van der Waals surface area contributed by atoms with Gasteiger partial charge >= 0.3 is 0 Å². The van der Waals surface area contributed by atoms with E-state index < -0.39 is 10.8 Å². The van der Waals surface area contributed by atoms with Gasteiger partial charge in [-0.05, 0) is 29.0 Å². The Morgan fingerprint density at radius 3 is 2.36 bits per heavy atom. The molecule has 0 bridgehead atoms. The van der Waals surface area contributed by atoms with E-state index in [0.29, 0.717) is 13.1 Å². The van der Waals surface area contributed by atoms with Gasteiger partial charge in [0.05, 0.1) is 19.1 Å². The van der Waals surface area contributed by atoms with E-state index in [1.165, 1.54) is 20.3 Å². The number of nitro benzene ring substituents is 1. The van der Waals surface area contributed by atoms with Crippen LogP contribution in [0.3, 0.4) is 0 Å². The fourth-order valence-electron chi connectivity index (χ4n) is 2.30. The molecule has 0 aliphatic heterocycles. The Bertz CT molecular complexity index is 611. The number of ether oxygens (including phenoxy) is 2. The van der Waals surface area contributed by atoms with Crippen molar-refractivity contribution in [1.82, 2.24) is 10.2 Å². The molecule has 1 aromatic rings. The van der Waals surface area contributed by atoms with Gasteiger partial charge in [0.15, 0.2) is 17.1 Å². The highest BCUT2D eigenvalue weighted by Crippen LogP contribution is 2.42. The van der Waals surface area contributed by atoms with E-state index in [1.54, 1.807) is 0 Å². The smallest absolute Gasteiger partial charge is 0.300 e. The van der Waals surface area contributed by atoms with E-state index in [9.17, 15) is 14.9 Å². The maximum absolute atomic E-state index is 12.5. The van der Waals surface area contributed by atoms with Crippen molar-refractivity contribution >= 4 is 39.9 Å². The summed E-state index contributed by atoms with van der Waals surface area (Å²) in [6.07, 6.45) is 0. The molecule has 0 radical (unpaired) electrons. The van der Waals surface area contributed by atoms with Crippen molar-refractivity contribution in [1.29, 1.82) is 0 Å². The fraction of sp³-hybridized carbons (Fsp3) is 0.533. The number of benzene rings is 1. The number of halogens is 2. The summed E-state index contributed by atoms with van der Waals surface area (Å²) in [7, 11) is 2.74. The van der Waals surface area contributed by atoms with Gasteiger partial charge in [0.1, 0.15) is 4.47 Å². The molecule has 10 heteroatoms. The second-order valence-corrected chi connectivity index (χ2v) is 5.71. The molecule has 0 unspecified atom stereocenters. The fourth-order valence-corrected chi connectivity index (χ4v) is 2.85. The molecule has 1 amide bonds. The van der Waals surface area contributed by atoms with Crippen LogP contribution in [0.5, 0.6) is 11.5 Å². The summed E-state index contributed by atoms with van der Waals surface area (Å²) in [6, 6.07) is 1.41. The number of nitrogens with one attached hydrogen (secondary N) is 1. The molecule has 8 nitrogen and oxygen atoms in total. The normalized spacial score (nSPS) is 10.2. The van der Waals surface area contributed by atoms with Crippen LogP contribution < -0.4 is 14.8 Å². The average molecular weight is 441 g/mol. The van der Waals surface area contributed by atoms with E-state index >= 15 is 0 Å². The van der Waals surface area contributed by atoms with Crippen LogP contribution in [0.25, 0.3) is 0 Å². The molecule has 0 spiro atoms. The number of nitro groups is 1. The molecule has 0 aromatic heterocycles. The van der Waals surface area contributed by atoms with Crippen LogP contribution in [0, 0.1) is 10.1 Å². The van der Waals surface area contributed by atoms with Crippen LogP contribution in [0.4, 0.5) is 5.69 Å². The van der Waals surface area contributed by atoms with Gasteiger partial charge in [-0.25, -0.2) is 0 Å². The van der Waals surface area contributed by atoms with Crippen LogP contribution in [-0.2, 0) is 0 Å². The van der Waals surface area contributed by atoms with Crippen molar-refractivity contribution in [3.63, 3.8) is 0 Å². The summed E-state index contributed by atoms with van der Waals surface area (Å²) in [5.74, 6) is -0.304. The quantitative estimate of drug-likeness (QED) is 0.469. The summed E-state index contributed by atoms with van der Waals surface area (Å²) >= 11 is 3.12. The topological polar surface area (TPSA) is 93.9 Å². The van der Waals surface area contributed by atoms with E-state index in [-0.39, 0.29) is 39.6 Å². The van der Waals surface area contributed by atoms with E-state index in [2.05, 4.69) is 26.1 Å². The predicted molar refractivity (Wildman–Crippen MR) is 101 cm³/mol. The minimum atomic E-state index is -0.620. The first-order valence-corrected chi connectivity index (χ1v) is 8.29. The lowest BCUT2D eigenvalue weighted by molar-refractivity contribution is -0.386. The molecule has 0 saturated heterocycles. The van der Waals surface area contributed by atoms with Crippen LogP contribution in [-0.4, -0.2) is 56.1 Å².